The van der Waals surface area contributed by atoms with E-state index in [9.17, 15) is 0 Å². The van der Waals surface area contributed by atoms with E-state index < -0.39 is 0 Å². The van der Waals surface area contributed by atoms with Crippen molar-refractivity contribution in [3.63, 3.8) is 0 Å². The molecule has 0 saturated carbocycles. The molecule has 0 radical (unpaired) electrons. The summed E-state index contributed by atoms with van der Waals surface area (Å²) in [4.78, 5) is 4.36. The number of aryl methyl sites for hydroxylation is 1. The van der Waals surface area contributed by atoms with Crippen LogP contribution >= 0.6 is 23.2 Å². The molecule has 2 aromatic heterocycles. The summed E-state index contributed by atoms with van der Waals surface area (Å²) in [7, 11) is 0. The second kappa shape index (κ2) is 5.26. The molecule has 0 unspecified atom stereocenters. The van der Waals surface area contributed by atoms with Gasteiger partial charge < -0.3 is 4.52 Å². The average Bonchev–Trinajstić information content (AvgIpc) is 3.06. The zero-order valence-electron chi connectivity index (χ0n) is 10.5. The molecular weight excluding hydrogens is 299 g/mol. The molecule has 1 aromatic carbocycles. The van der Waals surface area contributed by atoms with Crippen LogP contribution in [0.3, 0.4) is 0 Å². The predicted octanol–water partition coefficient (Wildman–Crippen LogP) is 3.93. The Balaban J connectivity index is 2.02. The lowest BCUT2D eigenvalue weighted by Crippen LogP contribution is -1.98. The highest BCUT2D eigenvalue weighted by Crippen LogP contribution is 2.29. The van der Waals surface area contributed by atoms with E-state index in [0.717, 1.165) is 12.2 Å². The molecule has 0 aliphatic carbocycles. The van der Waals surface area contributed by atoms with Gasteiger partial charge in [0, 0.05) is 23.3 Å². The Morgan fingerprint density at radius 3 is 2.85 bits per heavy atom. The number of nitrogens with zero attached hydrogens (tertiary/aromatic N) is 4. The minimum Gasteiger partial charge on any atom is -0.332 e. The summed E-state index contributed by atoms with van der Waals surface area (Å²) in [5.41, 5.74) is 1.45. The number of aromatic nitrogens is 4. The van der Waals surface area contributed by atoms with E-state index in [-0.39, 0.29) is 0 Å². The van der Waals surface area contributed by atoms with Crippen LogP contribution in [0.4, 0.5) is 0 Å². The lowest BCUT2D eigenvalue weighted by atomic mass is 10.2. The SMILES string of the molecule is CCn1nccc1-c1nc(-c2ccc(Cl)cc2Cl)no1. The fourth-order valence-electron chi connectivity index (χ4n) is 1.87. The molecule has 5 nitrogen and oxygen atoms in total. The molecule has 0 amide bonds. The van der Waals surface area contributed by atoms with Gasteiger partial charge in [0.1, 0.15) is 5.69 Å². The van der Waals surface area contributed by atoms with Gasteiger partial charge in [-0.3, -0.25) is 4.68 Å². The lowest BCUT2D eigenvalue weighted by Gasteiger charge is -1.99. The molecule has 0 saturated heterocycles. The molecule has 20 heavy (non-hydrogen) atoms. The van der Waals surface area contributed by atoms with Crippen LogP contribution in [0.25, 0.3) is 23.0 Å². The highest BCUT2D eigenvalue weighted by atomic mass is 35.5. The van der Waals surface area contributed by atoms with Crippen molar-refractivity contribution in [1.29, 1.82) is 0 Å². The molecule has 0 bridgehead atoms. The van der Waals surface area contributed by atoms with Crippen LogP contribution in [-0.4, -0.2) is 19.9 Å². The second-order valence-corrected chi connectivity index (χ2v) is 4.92. The second-order valence-electron chi connectivity index (χ2n) is 4.08. The quantitative estimate of drug-likeness (QED) is 0.735. The lowest BCUT2D eigenvalue weighted by molar-refractivity contribution is 0.427. The van der Waals surface area contributed by atoms with Gasteiger partial charge in [0.25, 0.3) is 5.89 Å². The van der Waals surface area contributed by atoms with E-state index in [2.05, 4.69) is 15.2 Å². The van der Waals surface area contributed by atoms with E-state index in [1.54, 1.807) is 29.1 Å². The predicted molar refractivity (Wildman–Crippen MR) is 76.6 cm³/mol. The molecular formula is C13H10Cl2N4O. The number of hydrogen-bond donors (Lipinski definition) is 0. The molecule has 0 fully saturated rings. The minimum atomic E-state index is 0.408. The zero-order chi connectivity index (χ0) is 14.1. The maximum Gasteiger partial charge on any atom is 0.276 e. The smallest absolute Gasteiger partial charge is 0.276 e. The molecule has 0 spiro atoms. The summed E-state index contributed by atoms with van der Waals surface area (Å²) < 4.78 is 7.06. The summed E-state index contributed by atoms with van der Waals surface area (Å²) >= 11 is 12.0. The molecule has 3 rings (SSSR count). The summed E-state index contributed by atoms with van der Waals surface area (Å²) in [6, 6.07) is 6.96. The first-order chi connectivity index (χ1) is 9.69. The van der Waals surface area contributed by atoms with E-state index in [1.165, 1.54) is 0 Å². The van der Waals surface area contributed by atoms with Crippen LogP contribution in [0, 0.1) is 0 Å². The third-order valence-electron chi connectivity index (χ3n) is 2.83. The van der Waals surface area contributed by atoms with E-state index in [4.69, 9.17) is 27.7 Å². The molecule has 102 valence electrons. The van der Waals surface area contributed by atoms with Gasteiger partial charge in [-0.2, -0.15) is 10.1 Å². The molecule has 0 aliphatic heterocycles. The van der Waals surface area contributed by atoms with Gasteiger partial charge >= 0.3 is 0 Å². The summed E-state index contributed by atoms with van der Waals surface area (Å²) in [6.07, 6.45) is 1.69. The highest BCUT2D eigenvalue weighted by Gasteiger charge is 2.15. The van der Waals surface area contributed by atoms with Gasteiger partial charge in [0.2, 0.25) is 5.82 Å². The zero-order valence-corrected chi connectivity index (χ0v) is 12.1. The van der Waals surface area contributed by atoms with Crippen LogP contribution in [0.1, 0.15) is 6.92 Å². The minimum absolute atomic E-state index is 0.408. The Morgan fingerprint density at radius 2 is 2.10 bits per heavy atom. The standard InChI is InChI=1S/C13H10Cl2N4O/c1-2-19-11(5-6-16-19)13-17-12(18-20-13)9-4-3-8(14)7-10(9)15/h3-7H,2H2,1H3. The molecule has 0 aliphatic rings. The number of rotatable bonds is 3. The average molecular weight is 309 g/mol. The molecule has 0 atom stereocenters. The maximum atomic E-state index is 6.13. The Bertz CT molecular complexity index is 750. The monoisotopic (exact) mass is 308 g/mol. The fourth-order valence-corrected chi connectivity index (χ4v) is 2.37. The first-order valence-corrected chi connectivity index (χ1v) is 6.76. The van der Waals surface area contributed by atoms with Crippen molar-refractivity contribution >= 4 is 23.2 Å². The van der Waals surface area contributed by atoms with Gasteiger partial charge in [-0.1, -0.05) is 28.4 Å². The van der Waals surface area contributed by atoms with Gasteiger partial charge in [-0.25, -0.2) is 0 Å². The Kier molecular flexibility index (Phi) is 3.46. The molecule has 7 heteroatoms. The molecule has 0 N–H and O–H groups in total. The Labute approximate surface area is 125 Å². The highest BCUT2D eigenvalue weighted by molar-refractivity contribution is 6.36. The number of benzene rings is 1. The van der Waals surface area contributed by atoms with Crippen molar-refractivity contribution in [3.05, 3.63) is 40.5 Å². The third kappa shape index (κ3) is 2.30. The largest absolute Gasteiger partial charge is 0.332 e. The first-order valence-electron chi connectivity index (χ1n) is 6.00. The van der Waals surface area contributed by atoms with Crippen LogP contribution in [0.15, 0.2) is 35.0 Å². The fraction of sp³-hybridized carbons (Fsp3) is 0.154. The summed E-state index contributed by atoms with van der Waals surface area (Å²) in [5, 5.41) is 9.16. The topological polar surface area (TPSA) is 56.7 Å². The molecule has 3 aromatic rings. The van der Waals surface area contributed by atoms with Crippen molar-refractivity contribution in [3.8, 4) is 23.0 Å². The van der Waals surface area contributed by atoms with Gasteiger partial charge in [0.05, 0.1) is 5.02 Å². The van der Waals surface area contributed by atoms with Crippen molar-refractivity contribution in [1.82, 2.24) is 19.9 Å². The van der Waals surface area contributed by atoms with Crippen molar-refractivity contribution < 1.29 is 4.52 Å². The Morgan fingerprint density at radius 1 is 1.25 bits per heavy atom. The van der Waals surface area contributed by atoms with Crippen LogP contribution in [0.2, 0.25) is 10.0 Å². The maximum absolute atomic E-state index is 6.13. The van der Waals surface area contributed by atoms with E-state index in [1.807, 2.05) is 13.0 Å². The van der Waals surface area contributed by atoms with E-state index in [0.29, 0.717) is 27.3 Å². The van der Waals surface area contributed by atoms with Crippen molar-refractivity contribution in [2.75, 3.05) is 0 Å². The van der Waals surface area contributed by atoms with E-state index >= 15 is 0 Å². The van der Waals surface area contributed by atoms with Crippen LogP contribution < -0.4 is 0 Å². The van der Waals surface area contributed by atoms with Gasteiger partial charge in [-0.15, -0.1) is 0 Å². The summed E-state index contributed by atoms with van der Waals surface area (Å²) in [6.45, 7) is 2.71. The van der Waals surface area contributed by atoms with Gasteiger partial charge in [-0.05, 0) is 31.2 Å². The first kappa shape index (κ1) is 13.1. The third-order valence-corrected chi connectivity index (χ3v) is 3.38. The number of halogens is 2. The van der Waals surface area contributed by atoms with Crippen molar-refractivity contribution in [2.24, 2.45) is 0 Å². The normalized spacial score (nSPS) is 10.9. The van der Waals surface area contributed by atoms with Crippen molar-refractivity contribution in [2.45, 2.75) is 13.5 Å². The molecule has 2 heterocycles. The van der Waals surface area contributed by atoms with Crippen LogP contribution in [-0.2, 0) is 6.54 Å². The summed E-state index contributed by atoms with van der Waals surface area (Å²) in [5.74, 6) is 0.830. The van der Waals surface area contributed by atoms with Gasteiger partial charge in [0.15, 0.2) is 0 Å². The Hall–Kier alpha value is -1.85. The number of hydrogen-bond acceptors (Lipinski definition) is 4. The van der Waals surface area contributed by atoms with Crippen LogP contribution in [0.5, 0.6) is 0 Å².